The van der Waals surface area contributed by atoms with Gasteiger partial charge in [0.25, 0.3) is 5.91 Å². The fourth-order valence-corrected chi connectivity index (χ4v) is 2.80. The van der Waals surface area contributed by atoms with Gasteiger partial charge in [-0.3, -0.25) is 9.89 Å². The predicted octanol–water partition coefficient (Wildman–Crippen LogP) is 3.38. The first-order valence-electron chi connectivity index (χ1n) is 6.65. The van der Waals surface area contributed by atoms with E-state index in [9.17, 15) is 4.79 Å². The number of aromatic amines is 1. The molecule has 1 amide bonds. The molecule has 4 nitrogen and oxygen atoms in total. The zero-order valence-electron chi connectivity index (χ0n) is 11.6. The van der Waals surface area contributed by atoms with Crippen molar-refractivity contribution in [1.82, 2.24) is 15.5 Å². The van der Waals surface area contributed by atoms with E-state index in [1.54, 1.807) is 17.5 Å². The van der Waals surface area contributed by atoms with E-state index in [1.165, 1.54) is 0 Å². The van der Waals surface area contributed by atoms with Crippen molar-refractivity contribution in [2.45, 2.75) is 13.5 Å². The number of carbonyl (C=O) groups excluding carboxylic acids is 1. The van der Waals surface area contributed by atoms with Crippen LogP contribution in [0.5, 0.6) is 0 Å². The van der Waals surface area contributed by atoms with Gasteiger partial charge in [0, 0.05) is 10.4 Å². The fraction of sp³-hybridized carbons (Fsp3) is 0.125. The Bertz CT molecular complexity index is 746. The Morgan fingerprint density at radius 2 is 2.24 bits per heavy atom. The van der Waals surface area contributed by atoms with E-state index in [0.717, 1.165) is 21.7 Å². The summed E-state index contributed by atoms with van der Waals surface area (Å²) in [4.78, 5) is 13.4. The molecule has 0 fully saturated rings. The van der Waals surface area contributed by atoms with Gasteiger partial charge in [-0.05, 0) is 24.4 Å². The maximum atomic E-state index is 12.3. The van der Waals surface area contributed by atoms with E-state index in [-0.39, 0.29) is 5.91 Å². The van der Waals surface area contributed by atoms with Crippen molar-refractivity contribution >= 4 is 17.2 Å². The Labute approximate surface area is 126 Å². The van der Waals surface area contributed by atoms with Gasteiger partial charge >= 0.3 is 0 Å². The number of hydrogen-bond acceptors (Lipinski definition) is 3. The molecule has 2 N–H and O–H groups in total. The van der Waals surface area contributed by atoms with Crippen LogP contribution in [-0.4, -0.2) is 16.1 Å². The summed E-state index contributed by atoms with van der Waals surface area (Å²) in [6.07, 6.45) is 1.57. The molecule has 0 saturated carbocycles. The smallest absolute Gasteiger partial charge is 0.255 e. The number of H-pyrrole nitrogens is 1. The molecular formula is C16H15N3OS. The number of hydrogen-bond donors (Lipinski definition) is 2. The second-order valence-electron chi connectivity index (χ2n) is 4.79. The second-order valence-corrected chi connectivity index (χ2v) is 5.82. The topological polar surface area (TPSA) is 57.8 Å². The summed E-state index contributed by atoms with van der Waals surface area (Å²) in [6, 6.07) is 12.0. The van der Waals surface area contributed by atoms with Crippen LogP contribution >= 0.6 is 11.3 Å². The zero-order valence-corrected chi connectivity index (χ0v) is 12.4. The van der Waals surface area contributed by atoms with Crippen molar-refractivity contribution in [3.8, 4) is 11.3 Å². The van der Waals surface area contributed by atoms with E-state index in [2.05, 4.69) is 15.5 Å². The number of nitrogens with zero attached hydrogens (tertiary/aromatic N) is 1. The van der Waals surface area contributed by atoms with Crippen molar-refractivity contribution in [1.29, 1.82) is 0 Å². The van der Waals surface area contributed by atoms with Gasteiger partial charge in [-0.1, -0.05) is 29.8 Å². The van der Waals surface area contributed by atoms with Crippen molar-refractivity contribution in [2.75, 3.05) is 0 Å². The van der Waals surface area contributed by atoms with Gasteiger partial charge in [-0.2, -0.15) is 5.10 Å². The van der Waals surface area contributed by atoms with Crippen molar-refractivity contribution in [3.05, 3.63) is 64.0 Å². The highest BCUT2D eigenvalue weighted by atomic mass is 32.1. The fourth-order valence-electron chi connectivity index (χ4n) is 2.15. The maximum absolute atomic E-state index is 12.3. The van der Waals surface area contributed by atoms with E-state index in [4.69, 9.17) is 0 Å². The predicted molar refractivity (Wildman–Crippen MR) is 84.2 cm³/mol. The highest BCUT2D eigenvalue weighted by molar-refractivity contribution is 7.09. The van der Waals surface area contributed by atoms with Crippen LogP contribution in [0.15, 0.2) is 48.0 Å². The van der Waals surface area contributed by atoms with Crippen molar-refractivity contribution in [3.63, 3.8) is 0 Å². The van der Waals surface area contributed by atoms with Crippen LogP contribution < -0.4 is 5.32 Å². The average molecular weight is 297 g/mol. The summed E-state index contributed by atoms with van der Waals surface area (Å²) in [5, 5.41) is 11.8. The van der Waals surface area contributed by atoms with Gasteiger partial charge < -0.3 is 5.32 Å². The lowest BCUT2D eigenvalue weighted by molar-refractivity contribution is 0.0952. The maximum Gasteiger partial charge on any atom is 0.255 e. The van der Waals surface area contributed by atoms with Crippen molar-refractivity contribution < 1.29 is 4.79 Å². The first-order chi connectivity index (χ1) is 10.2. The van der Waals surface area contributed by atoms with Crippen LogP contribution in [0.1, 0.15) is 20.8 Å². The van der Waals surface area contributed by atoms with Crippen LogP contribution in [0.2, 0.25) is 0 Å². The van der Waals surface area contributed by atoms with E-state index >= 15 is 0 Å². The third-order valence-corrected chi connectivity index (χ3v) is 4.07. The lowest BCUT2D eigenvalue weighted by atomic mass is 10.1. The van der Waals surface area contributed by atoms with Gasteiger partial charge in [0.15, 0.2) is 0 Å². The first-order valence-corrected chi connectivity index (χ1v) is 7.53. The molecule has 3 rings (SSSR count). The molecule has 0 unspecified atom stereocenters. The number of benzene rings is 1. The first kappa shape index (κ1) is 13.6. The number of amides is 1. The Kier molecular flexibility index (Phi) is 3.83. The van der Waals surface area contributed by atoms with Gasteiger partial charge in [0.05, 0.1) is 24.0 Å². The molecule has 0 aliphatic rings. The summed E-state index contributed by atoms with van der Waals surface area (Å²) in [6.45, 7) is 2.56. The van der Waals surface area contributed by atoms with E-state index in [0.29, 0.717) is 12.1 Å². The third-order valence-electron chi connectivity index (χ3n) is 3.19. The highest BCUT2D eigenvalue weighted by Gasteiger charge is 2.15. The summed E-state index contributed by atoms with van der Waals surface area (Å²) in [5.74, 6) is -0.117. The number of thiophene rings is 1. The Morgan fingerprint density at radius 1 is 1.33 bits per heavy atom. The molecule has 0 saturated heterocycles. The summed E-state index contributed by atoms with van der Waals surface area (Å²) in [7, 11) is 0. The summed E-state index contributed by atoms with van der Waals surface area (Å²) < 4.78 is 0. The molecule has 2 aromatic heterocycles. The minimum absolute atomic E-state index is 0.117. The quantitative estimate of drug-likeness (QED) is 0.775. The molecule has 0 bridgehead atoms. The van der Waals surface area contributed by atoms with Gasteiger partial charge in [0.2, 0.25) is 0 Å². The number of aromatic nitrogens is 2. The van der Waals surface area contributed by atoms with Gasteiger partial charge in [0.1, 0.15) is 0 Å². The molecule has 21 heavy (non-hydrogen) atoms. The Hall–Kier alpha value is -2.40. The molecule has 106 valence electrons. The van der Waals surface area contributed by atoms with Crippen LogP contribution in [0.3, 0.4) is 0 Å². The summed E-state index contributed by atoms with van der Waals surface area (Å²) in [5.41, 5.74) is 3.43. The summed E-state index contributed by atoms with van der Waals surface area (Å²) >= 11 is 1.63. The standard InChI is InChI=1S/C16H15N3OS/c1-11-4-2-5-12(8-11)15-14(10-18-19-15)16(20)17-9-13-6-3-7-21-13/h2-8,10H,9H2,1H3,(H,17,20)(H,18,19). The van der Waals surface area contributed by atoms with Crippen molar-refractivity contribution in [2.24, 2.45) is 0 Å². The molecule has 0 aliphatic carbocycles. The van der Waals surface area contributed by atoms with Crippen LogP contribution in [0.4, 0.5) is 0 Å². The SMILES string of the molecule is Cc1cccc(-c2[nH]ncc2C(=O)NCc2cccs2)c1. The van der Waals surface area contributed by atoms with Crippen LogP contribution in [-0.2, 0) is 6.54 Å². The molecule has 0 atom stereocenters. The van der Waals surface area contributed by atoms with Gasteiger partial charge in [-0.25, -0.2) is 0 Å². The minimum Gasteiger partial charge on any atom is -0.347 e. The molecule has 2 heterocycles. The molecule has 3 aromatic rings. The number of nitrogens with one attached hydrogen (secondary N) is 2. The minimum atomic E-state index is -0.117. The average Bonchev–Trinajstić information content (AvgIpc) is 3.16. The largest absolute Gasteiger partial charge is 0.347 e. The van der Waals surface area contributed by atoms with Crippen LogP contribution in [0, 0.1) is 6.92 Å². The third kappa shape index (κ3) is 3.03. The number of rotatable bonds is 4. The number of carbonyl (C=O) groups is 1. The zero-order chi connectivity index (χ0) is 14.7. The monoisotopic (exact) mass is 297 g/mol. The molecule has 0 radical (unpaired) electrons. The second kappa shape index (κ2) is 5.93. The van der Waals surface area contributed by atoms with E-state index < -0.39 is 0 Å². The highest BCUT2D eigenvalue weighted by Crippen LogP contribution is 2.22. The molecule has 5 heteroatoms. The number of aryl methyl sites for hydroxylation is 1. The lowest BCUT2D eigenvalue weighted by Crippen LogP contribution is -2.22. The molecular weight excluding hydrogens is 282 g/mol. The van der Waals surface area contributed by atoms with E-state index in [1.807, 2.05) is 48.7 Å². The molecule has 0 aliphatic heterocycles. The van der Waals surface area contributed by atoms with Crippen LogP contribution in [0.25, 0.3) is 11.3 Å². The molecule has 1 aromatic carbocycles. The van der Waals surface area contributed by atoms with Gasteiger partial charge in [-0.15, -0.1) is 11.3 Å². The Balaban J connectivity index is 1.80. The lowest BCUT2D eigenvalue weighted by Gasteiger charge is -2.05. The normalized spacial score (nSPS) is 10.5. The molecule has 0 spiro atoms. The Morgan fingerprint density at radius 3 is 3.00 bits per heavy atom.